The zero-order chi connectivity index (χ0) is 6.91. The van der Waals surface area contributed by atoms with Crippen LogP contribution in [0.4, 0.5) is 0 Å². The van der Waals surface area contributed by atoms with E-state index in [1.54, 1.807) is 6.92 Å². The Bertz CT molecular complexity index is 131. The Morgan fingerprint density at radius 1 is 1.89 bits per heavy atom. The lowest BCUT2D eigenvalue weighted by Gasteiger charge is -2.15. The number of carboxylic acid groups (broad SMARTS) is 1. The van der Waals surface area contributed by atoms with Gasteiger partial charge in [0.15, 0.2) is 4.87 Å². The first kappa shape index (κ1) is 6.89. The first-order valence-corrected chi connectivity index (χ1v) is 3.76. The summed E-state index contributed by atoms with van der Waals surface area (Å²) < 4.78 is 0. The summed E-state index contributed by atoms with van der Waals surface area (Å²) in [5.41, 5.74) is 0. The molecule has 1 saturated heterocycles. The minimum atomic E-state index is -0.773. The fourth-order valence-electron chi connectivity index (χ4n) is 0.733. The van der Waals surface area contributed by atoms with Gasteiger partial charge in [0.05, 0.1) is 0 Å². The molecule has 3 nitrogen and oxygen atoms in total. The van der Waals surface area contributed by atoms with Crippen LogP contribution in [0.2, 0.25) is 0 Å². The zero-order valence-electron chi connectivity index (χ0n) is 5.18. The summed E-state index contributed by atoms with van der Waals surface area (Å²) in [5.74, 6) is 0.119. The predicted octanol–water partition coefficient (Wildman–Crippen LogP) is 0.124. The highest BCUT2D eigenvalue weighted by atomic mass is 32.2. The Labute approximate surface area is 57.8 Å². The lowest BCUT2D eigenvalue weighted by Crippen LogP contribution is -2.41. The summed E-state index contributed by atoms with van der Waals surface area (Å²) in [6, 6.07) is 0. The van der Waals surface area contributed by atoms with Gasteiger partial charge in [-0.25, -0.2) is 4.79 Å². The molecule has 0 bridgehead atoms. The fourth-order valence-corrected chi connectivity index (χ4v) is 1.67. The molecule has 0 aliphatic carbocycles. The lowest BCUT2D eigenvalue weighted by atomic mass is 10.3. The molecule has 0 aromatic carbocycles. The van der Waals surface area contributed by atoms with Crippen molar-refractivity contribution in [3.8, 4) is 0 Å². The molecule has 1 aliphatic rings. The molecular formula is C5H9NO2S. The van der Waals surface area contributed by atoms with Crippen LogP contribution < -0.4 is 5.32 Å². The molecule has 52 valence electrons. The van der Waals surface area contributed by atoms with Crippen LogP contribution in [0.25, 0.3) is 0 Å². The Morgan fingerprint density at radius 2 is 2.56 bits per heavy atom. The van der Waals surface area contributed by atoms with E-state index in [0.29, 0.717) is 0 Å². The first-order valence-electron chi connectivity index (χ1n) is 2.77. The van der Waals surface area contributed by atoms with Crippen molar-refractivity contribution in [2.24, 2.45) is 0 Å². The SMILES string of the molecule is C[C@@]1(C(=O)O)NCCS1. The number of carbonyl (C=O) groups is 1. The molecule has 1 atom stereocenters. The first-order chi connectivity index (χ1) is 4.15. The van der Waals surface area contributed by atoms with Crippen molar-refractivity contribution in [3.05, 3.63) is 0 Å². The molecule has 0 spiro atoms. The third-order valence-electron chi connectivity index (χ3n) is 1.36. The maximum atomic E-state index is 10.4. The summed E-state index contributed by atoms with van der Waals surface area (Å²) >= 11 is 1.44. The lowest BCUT2D eigenvalue weighted by molar-refractivity contribution is -0.140. The number of hydrogen-bond donors (Lipinski definition) is 2. The highest BCUT2D eigenvalue weighted by Gasteiger charge is 2.36. The van der Waals surface area contributed by atoms with E-state index in [2.05, 4.69) is 5.32 Å². The second-order valence-electron chi connectivity index (χ2n) is 2.11. The highest BCUT2D eigenvalue weighted by Crippen LogP contribution is 2.26. The van der Waals surface area contributed by atoms with Crippen molar-refractivity contribution in [2.75, 3.05) is 12.3 Å². The minimum absolute atomic E-state index is 0.722. The quantitative estimate of drug-likeness (QED) is 0.553. The molecule has 2 N–H and O–H groups in total. The van der Waals surface area contributed by atoms with Gasteiger partial charge in [0, 0.05) is 12.3 Å². The molecule has 0 radical (unpaired) electrons. The summed E-state index contributed by atoms with van der Waals surface area (Å²) in [6.45, 7) is 2.49. The Hall–Kier alpha value is -0.220. The number of nitrogens with one attached hydrogen (secondary N) is 1. The van der Waals surface area contributed by atoms with Crippen molar-refractivity contribution in [1.29, 1.82) is 0 Å². The van der Waals surface area contributed by atoms with Crippen LogP contribution in [0.15, 0.2) is 0 Å². The third kappa shape index (κ3) is 1.19. The normalized spacial score (nSPS) is 34.8. The maximum Gasteiger partial charge on any atom is 0.334 e. The van der Waals surface area contributed by atoms with Crippen LogP contribution >= 0.6 is 11.8 Å². The van der Waals surface area contributed by atoms with Crippen LogP contribution in [-0.4, -0.2) is 28.2 Å². The number of aliphatic carboxylic acids is 1. The van der Waals surface area contributed by atoms with Crippen LogP contribution in [0.3, 0.4) is 0 Å². The van der Waals surface area contributed by atoms with E-state index in [9.17, 15) is 4.79 Å². The largest absolute Gasteiger partial charge is 0.479 e. The van der Waals surface area contributed by atoms with Crippen molar-refractivity contribution in [3.63, 3.8) is 0 Å². The van der Waals surface area contributed by atoms with Gasteiger partial charge >= 0.3 is 5.97 Å². The minimum Gasteiger partial charge on any atom is -0.479 e. The van der Waals surface area contributed by atoms with Crippen LogP contribution in [0.5, 0.6) is 0 Å². The number of carboxylic acids is 1. The molecule has 1 heterocycles. The van der Waals surface area contributed by atoms with Crippen molar-refractivity contribution < 1.29 is 9.90 Å². The second-order valence-corrected chi connectivity index (χ2v) is 3.63. The molecule has 0 aromatic heterocycles. The van der Waals surface area contributed by atoms with E-state index < -0.39 is 10.8 Å². The molecule has 0 unspecified atom stereocenters. The van der Waals surface area contributed by atoms with E-state index in [-0.39, 0.29) is 0 Å². The average Bonchev–Trinajstić information content (AvgIpc) is 2.16. The van der Waals surface area contributed by atoms with Gasteiger partial charge < -0.3 is 5.11 Å². The highest BCUT2D eigenvalue weighted by molar-refractivity contribution is 8.01. The van der Waals surface area contributed by atoms with E-state index in [1.807, 2.05) is 0 Å². The molecule has 1 rings (SSSR count). The van der Waals surface area contributed by atoms with Crippen molar-refractivity contribution in [2.45, 2.75) is 11.8 Å². The maximum absolute atomic E-state index is 10.4. The van der Waals surface area contributed by atoms with Gasteiger partial charge in [0.2, 0.25) is 0 Å². The third-order valence-corrected chi connectivity index (χ3v) is 2.67. The van der Waals surface area contributed by atoms with Crippen molar-refractivity contribution in [1.82, 2.24) is 5.32 Å². The molecule has 1 aliphatic heterocycles. The molecule has 1 fully saturated rings. The Kier molecular flexibility index (Phi) is 1.68. The second kappa shape index (κ2) is 2.19. The van der Waals surface area contributed by atoms with Gasteiger partial charge in [0.1, 0.15) is 0 Å². The topological polar surface area (TPSA) is 49.3 Å². The predicted molar refractivity (Wildman–Crippen MR) is 36.5 cm³/mol. The van der Waals surface area contributed by atoms with E-state index in [4.69, 9.17) is 5.11 Å². The van der Waals surface area contributed by atoms with Crippen LogP contribution in [0.1, 0.15) is 6.92 Å². The number of thioether (sulfide) groups is 1. The van der Waals surface area contributed by atoms with Gasteiger partial charge in [-0.1, -0.05) is 0 Å². The van der Waals surface area contributed by atoms with Crippen LogP contribution in [0, 0.1) is 0 Å². The fraction of sp³-hybridized carbons (Fsp3) is 0.800. The van der Waals surface area contributed by atoms with E-state index in [0.717, 1.165) is 12.3 Å². The standard InChI is InChI=1S/C5H9NO2S/c1-5(4(7)8)6-2-3-9-5/h6H,2-3H2,1H3,(H,7,8)/t5-/m1/s1. The Morgan fingerprint density at radius 3 is 2.78 bits per heavy atom. The molecule has 0 amide bonds. The van der Waals surface area contributed by atoms with Crippen LogP contribution in [-0.2, 0) is 4.79 Å². The monoisotopic (exact) mass is 147 g/mol. The van der Waals surface area contributed by atoms with Crippen molar-refractivity contribution >= 4 is 17.7 Å². The number of rotatable bonds is 1. The van der Waals surface area contributed by atoms with Gasteiger partial charge in [-0.05, 0) is 6.92 Å². The molecular weight excluding hydrogens is 138 g/mol. The summed E-state index contributed by atoms with van der Waals surface area (Å²) in [5, 5.41) is 11.5. The smallest absolute Gasteiger partial charge is 0.334 e. The summed E-state index contributed by atoms with van der Waals surface area (Å²) in [7, 11) is 0. The molecule has 9 heavy (non-hydrogen) atoms. The molecule has 0 saturated carbocycles. The number of hydrogen-bond acceptors (Lipinski definition) is 3. The van der Waals surface area contributed by atoms with Gasteiger partial charge in [-0.3, -0.25) is 5.32 Å². The molecule has 4 heteroatoms. The summed E-state index contributed by atoms with van der Waals surface area (Å²) in [6.07, 6.45) is 0. The molecule has 0 aromatic rings. The average molecular weight is 147 g/mol. The van der Waals surface area contributed by atoms with Gasteiger partial charge in [-0.2, -0.15) is 0 Å². The zero-order valence-corrected chi connectivity index (χ0v) is 5.99. The Balaban J connectivity index is 2.61. The van der Waals surface area contributed by atoms with E-state index in [1.165, 1.54) is 11.8 Å². The summed E-state index contributed by atoms with van der Waals surface area (Å²) in [4.78, 5) is 9.72. The van der Waals surface area contributed by atoms with Gasteiger partial charge in [0.25, 0.3) is 0 Å². The van der Waals surface area contributed by atoms with E-state index >= 15 is 0 Å². The van der Waals surface area contributed by atoms with Gasteiger partial charge in [-0.15, -0.1) is 11.8 Å².